The second-order valence-electron chi connectivity index (χ2n) is 5.37. The summed E-state index contributed by atoms with van der Waals surface area (Å²) in [5.74, 6) is 1.46. The van der Waals surface area contributed by atoms with Crippen LogP contribution in [-0.2, 0) is 11.3 Å². The number of rotatable bonds is 8. The van der Waals surface area contributed by atoms with E-state index in [1.165, 1.54) is 0 Å². The summed E-state index contributed by atoms with van der Waals surface area (Å²) in [5.41, 5.74) is 6.77. The molecule has 0 saturated heterocycles. The first-order chi connectivity index (χ1) is 10.5. The van der Waals surface area contributed by atoms with E-state index in [-0.39, 0.29) is 12.5 Å². The van der Waals surface area contributed by atoms with Crippen LogP contribution < -0.4 is 21.1 Å². The fourth-order valence-corrected chi connectivity index (χ4v) is 1.67. The first-order valence-electron chi connectivity index (χ1n) is 7.53. The van der Waals surface area contributed by atoms with Gasteiger partial charge in [-0.2, -0.15) is 0 Å². The van der Waals surface area contributed by atoms with Gasteiger partial charge in [0.25, 0.3) is 5.91 Å². The van der Waals surface area contributed by atoms with Crippen molar-refractivity contribution in [3.05, 3.63) is 29.8 Å². The lowest BCUT2D eigenvalue weighted by Crippen LogP contribution is -2.34. The number of hydrogen-bond acceptors (Lipinski definition) is 3. The fraction of sp³-hybridized carbons (Fsp3) is 0.500. The van der Waals surface area contributed by atoms with Crippen molar-refractivity contribution < 1.29 is 9.53 Å². The van der Waals surface area contributed by atoms with E-state index in [9.17, 15) is 4.79 Å². The van der Waals surface area contributed by atoms with Gasteiger partial charge in [-0.15, -0.1) is 0 Å². The predicted octanol–water partition coefficient (Wildman–Crippen LogP) is 1.26. The highest BCUT2D eigenvalue weighted by molar-refractivity contribution is 5.78. The molecule has 6 heteroatoms. The second-order valence-corrected chi connectivity index (χ2v) is 5.37. The Morgan fingerprint density at radius 2 is 2.14 bits per heavy atom. The van der Waals surface area contributed by atoms with Crippen LogP contribution in [0.25, 0.3) is 0 Å². The lowest BCUT2D eigenvalue weighted by atomic mass is 10.2. The topological polar surface area (TPSA) is 88.7 Å². The van der Waals surface area contributed by atoms with Crippen LogP contribution in [0.3, 0.4) is 0 Å². The zero-order valence-corrected chi connectivity index (χ0v) is 13.6. The molecule has 22 heavy (non-hydrogen) atoms. The van der Waals surface area contributed by atoms with Crippen molar-refractivity contribution in [1.29, 1.82) is 0 Å². The molecule has 0 spiro atoms. The summed E-state index contributed by atoms with van der Waals surface area (Å²) in [6.07, 6.45) is 0. The third kappa shape index (κ3) is 7.52. The van der Waals surface area contributed by atoms with Crippen LogP contribution in [0.5, 0.6) is 5.75 Å². The Morgan fingerprint density at radius 3 is 2.82 bits per heavy atom. The molecule has 6 nitrogen and oxygen atoms in total. The van der Waals surface area contributed by atoms with Crippen LogP contribution >= 0.6 is 0 Å². The highest BCUT2D eigenvalue weighted by Gasteiger charge is 2.02. The quantitative estimate of drug-likeness (QED) is 0.498. The van der Waals surface area contributed by atoms with Gasteiger partial charge in [-0.1, -0.05) is 26.0 Å². The van der Waals surface area contributed by atoms with Crippen LogP contribution in [0, 0.1) is 5.92 Å². The molecule has 0 saturated carbocycles. The monoisotopic (exact) mass is 306 g/mol. The van der Waals surface area contributed by atoms with E-state index in [0.717, 1.165) is 12.1 Å². The maximum Gasteiger partial charge on any atom is 0.257 e. The minimum Gasteiger partial charge on any atom is -0.484 e. The molecule has 0 unspecified atom stereocenters. The van der Waals surface area contributed by atoms with Crippen LogP contribution in [0.2, 0.25) is 0 Å². The Bertz CT molecular complexity index is 501. The molecule has 0 fully saturated rings. The van der Waals surface area contributed by atoms with Gasteiger partial charge in [-0.25, -0.2) is 4.99 Å². The van der Waals surface area contributed by atoms with Gasteiger partial charge in [0, 0.05) is 13.1 Å². The minimum atomic E-state index is -0.131. The van der Waals surface area contributed by atoms with Gasteiger partial charge in [0.15, 0.2) is 12.6 Å². The molecule has 122 valence electrons. The number of hydrogen-bond donors (Lipinski definition) is 3. The van der Waals surface area contributed by atoms with E-state index in [4.69, 9.17) is 10.5 Å². The molecule has 0 aromatic heterocycles. The zero-order valence-electron chi connectivity index (χ0n) is 13.6. The van der Waals surface area contributed by atoms with E-state index >= 15 is 0 Å². The largest absolute Gasteiger partial charge is 0.484 e. The second kappa shape index (κ2) is 9.65. The number of nitrogens with two attached hydrogens (primary N) is 1. The number of aliphatic imine (C=N–C) groups is 1. The van der Waals surface area contributed by atoms with Crippen molar-refractivity contribution in [1.82, 2.24) is 10.6 Å². The maximum atomic E-state index is 11.4. The fourth-order valence-electron chi connectivity index (χ4n) is 1.67. The van der Waals surface area contributed by atoms with Crippen molar-refractivity contribution in [3.8, 4) is 5.75 Å². The molecule has 1 rings (SSSR count). The molecule has 0 aliphatic carbocycles. The van der Waals surface area contributed by atoms with Crippen LogP contribution in [0.1, 0.15) is 26.3 Å². The highest BCUT2D eigenvalue weighted by Crippen LogP contribution is 2.13. The number of likely N-dealkylation sites (N-methyl/N-ethyl adjacent to an activating group) is 1. The number of carbonyl (C=O) groups excluding carboxylic acids is 1. The van der Waals surface area contributed by atoms with E-state index in [0.29, 0.717) is 30.7 Å². The van der Waals surface area contributed by atoms with Crippen LogP contribution in [-0.4, -0.2) is 31.6 Å². The molecule has 0 aliphatic heterocycles. The lowest BCUT2D eigenvalue weighted by Gasteiger charge is -2.09. The minimum absolute atomic E-state index is 0.0125. The highest BCUT2D eigenvalue weighted by atomic mass is 16.5. The summed E-state index contributed by atoms with van der Waals surface area (Å²) in [7, 11) is 0. The number of nitrogens with zero attached hydrogens (tertiary/aromatic N) is 1. The molecule has 1 amide bonds. The van der Waals surface area contributed by atoms with E-state index in [1.807, 2.05) is 31.2 Å². The van der Waals surface area contributed by atoms with Crippen molar-refractivity contribution in [2.24, 2.45) is 16.6 Å². The number of carbonyl (C=O) groups is 1. The Hall–Kier alpha value is -2.24. The summed E-state index contributed by atoms with van der Waals surface area (Å²) in [5, 5.41) is 5.75. The van der Waals surface area contributed by atoms with E-state index < -0.39 is 0 Å². The van der Waals surface area contributed by atoms with Crippen molar-refractivity contribution >= 4 is 11.9 Å². The summed E-state index contributed by atoms with van der Waals surface area (Å²) in [6, 6.07) is 7.49. The predicted molar refractivity (Wildman–Crippen MR) is 88.8 cm³/mol. The Kier molecular flexibility index (Phi) is 7.81. The van der Waals surface area contributed by atoms with Gasteiger partial charge in [-0.05, 0) is 30.5 Å². The van der Waals surface area contributed by atoms with E-state index in [1.54, 1.807) is 0 Å². The molecule has 1 aromatic carbocycles. The van der Waals surface area contributed by atoms with Gasteiger partial charge in [-0.3, -0.25) is 4.79 Å². The van der Waals surface area contributed by atoms with Crippen molar-refractivity contribution in [3.63, 3.8) is 0 Å². The van der Waals surface area contributed by atoms with Crippen LogP contribution in [0.4, 0.5) is 0 Å². The third-order valence-corrected chi connectivity index (χ3v) is 2.77. The summed E-state index contributed by atoms with van der Waals surface area (Å²) in [6.45, 7) is 7.96. The molecular weight excluding hydrogens is 280 g/mol. The number of amides is 1. The van der Waals surface area contributed by atoms with Crippen molar-refractivity contribution in [2.75, 3.05) is 19.7 Å². The van der Waals surface area contributed by atoms with Gasteiger partial charge in [0.2, 0.25) is 0 Å². The molecule has 0 radical (unpaired) electrons. The van der Waals surface area contributed by atoms with E-state index in [2.05, 4.69) is 29.5 Å². The number of ether oxygens (including phenoxy) is 1. The van der Waals surface area contributed by atoms with Gasteiger partial charge in [0.05, 0.1) is 6.54 Å². The number of guanidine groups is 1. The summed E-state index contributed by atoms with van der Waals surface area (Å²) >= 11 is 0. The standard InChI is InChI=1S/C16H26N4O2/c1-4-18-15(21)11-22-14-7-5-6-13(8-14)10-20-16(17)19-9-12(2)3/h5-8,12H,4,9-11H2,1-3H3,(H,18,21)(H3,17,19,20). The molecule has 0 bridgehead atoms. The first kappa shape index (κ1) is 17.8. The van der Waals surface area contributed by atoms with Crippen molar-refractivity contribution in [2.45, 2.75) is 27.3 Å². The number of benzene rings is 1. The van der Waals surface area contributed by atoms with Crippen LogP contribution in [0.15, 0.2) is 29.3 Å². The van der Waals surface area contributed by atoms with Gasteiger partial charge in [0.1, 0.15) is 5.75 Å². The Morgan fingerprint density at radius 1 is 1.36 bits per heavy atom. The van der Waals surface area contributed by atoms with Gasteiger partial charge >= 0.3 is 0 Å². The molecule has 0 aliphatic rings. The molecule has 1 aromatic rings. The molecular formula is C16H26N4O2. The lowest BCUT2D eigenvalue weighted by molar-refractivity contribution is -0.122. The normalized spacial score (nSPS) is 11.4. The maximum absolute atomic E-state index is 11.4. The number of nitrogens with one attached hydrogen (secondary N) is 2. The smallest absolute Gasteiger partial charge is 0.257 e. The zero-order chi connectivity index (χ0) is 16.4. The third-order valence-electron chi connectivity index (χ3n) is 2.77. The Balaban J connectivity index is 2.50. The molecule has 4 N–H and O–H groups in total. The SMILES string of the molecule is CCNC(=O)COc1cccc(CN=C(N)NCC(C)C)c1. The Labute approximate surface area is 132 Å². The average Bonchev–Trinajstić information content (AvgIpc) is 2.49. The molecule has 0 heterocycles. The summed E-state index contributed by atoms with van der Waals surface area (Å²) in [4.78, 5) is 15.6. The summed E-state index contributed by atoms with van der Waals surface area (Å²) < 4.78 is 5.44. The van der Waals surface area contributed by atoms with Gasteiger partial charge < -0.3 is 21.1 Å². The first-order valence-corrected chi connectivity index (χ1v) is 7.53. The average molecular weight is 306 g/mol. The molecule has 0 atom stereocenters.